The van der Waals surface area contributed by atoms with E-state index in [1.54, 1.807) is 16.4 Å². The number of nitrogens with zero attached hydrogens (tertiary/aromatic N) is 3. The third kappa shape index (κ3) is 5.26. The van der Waals surface area contributed by atoms with E-state index in [0.29, 0.717) is 24.0 Å². The van der Waals surface area contributed by atoms with Crippen LogP contribution in [0.4, 0.5) is 5.82 Å². The largest absolute Gasteiger partial charge is 0.492 e. The number of aromatic nitrogens is 3. The van der Waals surface area contributed by atoms with E-state index in [2.05, 4.69) is 22.5 Å². The van der Waals surface area contributed by atoms with Gasteiger partial charge in [0.05, 0.1) is 17.0 Å². The molecule has 31 heavy (non-hydrogen) atoms. The Morgan fingerprint density at radius 1 is 1.19 bits per heavy atom. The summed E-state index contributed by atoms with van der Waals surface area (Å²) in [6, 6.07) is 18.0. The molecule has 0 spiro atoms. The van der Waals surface area contributed by atoms with Crippen molar-refractivity contribution >= 4 is 45.0 Å². The molecule has 0 aliphatic rings. The summed E-state index contributed by atoms with van der Waals surface area (Å²) in [5, 5.41) is 8.25. The van der Waals surface area contributed by atoms with Crippen molar-refractivity contribution in [2.45, 2.75) is 31.6 Å². The van der Waals surface area contributed by atoms with Crippen LogP contribution < -0.4 is 10.1 Å². The molecule has 0 aliphatic carbocycles. The summed E-state index contributed by atoms with van der Waals surface area (Å²) in [6.45, 7) is 4.44. The predicted octanol–water partition coefficient (Wildman–Crippen LogP) is 5.70. The van der Waals surface area contributed by atoms with E-state index in [1.807, 2.05) is 56.3 Å². The van der Waals surface area contributed by atoms with Gasteiger partial charge in [0.2, 0.25) is 11.0 Å². The standard InChI is InChI=1S/C23H24N4O2S2/c1-3-29-18-11-7-12-19-22(18)25-23(31-19)27-20(15-16(2)26-27)24-21(28)13-8-14-30-17-9-5-4-6-10-17/h4-7,9-12,15H,3,8,13-14H2,1-2H3,(H,24,28). The van der Waals surface area contributed by atoms with Gasteiger partial charge in [0.15, 0.2) is 0 Å². The molecule has 0 radical (unpaired) electrons. The molecule has 160 valence electrons. The molecular formula is C23H24N4O2S2. The first kappa shape index (κ1) is 21.4. The van der Waals surface area contributed by atoms with Gasteiger partial charge in [0, 0.05) is 17.4 Å². The number of rotatable bonds is 9. The molecule has 0 aliphatic heterocycles. The van der Waals surface area contributed by atoms with Gasteiger partial charge >= 0.3 is 0 Å². The number of fused-ring (bicyclic) bond motifs is 1. The van der Waals surface area contributed by atoms with Crippen LogP contribution >= 0.6 is 23.1 Å². The number of thiazole rings is 1. The highest BCUT2D eigenvalue weighted by atomic mass is 32.2. The number of ether oxygens (including phenoxy) is 1. The molecule has 0 atom stereocenters. The van der Waals surface area contributed by atoms with Crippen molar-refractivity contribution in [3.8, 4) is 10.9 Å². The number of thioether (sulfide) groups is 1. The molecular weight excluding hydrogens is 428 g/mol. The van der Waals surface area contributed by atoms with E-state index in [1.165, 1.54) is 16.2 Å². The van der Waals surface area contributed by atoms with E-state index in [0.717, 1.165) is 33.8 Å². The summed E-state index contributed by atoms with van der Waals surface area (Å²) in [6.07, 6.45) is 1.26. The summed E-state index contributed by atoms with van der Waals surface area (Å²) in [5.74, 6) is 2.27. The van der Waals surface area contributed by atoms with Gasteiger partial charge in [-0.2, -0.15) is 9.78 Å². The lowest BCUT2D eigenvalue weighted by atomic mass is 10.3. The number of benzene rings is 2. The van der Waals surface area contributed by atoms with E-state index >= 15 is 0 Å². The van der Waals surface area contributed by atoms with Crippen LogP contribution in [0.25, 0.3) is 15.3 Å². The normalized spacial score (nSPS) is 11.0. The minimum atomic E-state index is -0.0223. The number of hydrogen-bond acceptors (Lipinski definition) is 6. The summed E-state index contributed by atoms with van der Waals surface area (Å²) in [5.41, 5.74) is 1.63. The maximum atomic E-state index is 12.5. The molecule has 0 unspecified atom stereocenters. The number of nitrogens with one attached hydrogen (secondary N) is 1. The van der Waals surface area contributed by atoms with Crippen LogP contribution in [0.5, 0.6) is 5.75 Å². The third-order valence-corrected chi connectivity index (χ3v) is 6.61. The fourth-order valence-electron chi connectivity index (χ4n) is 3.15. The summed E-state index contributed by atoms with van der Waals surface area (Å²) in [7, 11) is 0. The van der Waals surface area contributed by atoms with Gasteiger partial charge in [-0.3, -0.25) is 4.79 Å². The van der Waals surface area contributed by atoms with Gasteiger partial charge in [-0.25, -0.2) is 4.98 Å². The fourth-order valence-corrected chi connectivity index (χ4v) is 4.98. The Kier molecular flexibility index (Phi) is 6.89. The number of para-hydroxylation sites is 1. The van der Waals surface area contributed by atoms with Gasteiger partial charge in [0.1, 0.15) is 17.1 Å². The van der Waals surface area contributed by atoms with E-state index in [-0.39, 0.29) is 5.91 Å². The van der Waals surface area contributed by atoms with Gasteiger partial charge in [-0.1, -0.05) is 35.6 Å². The first-order valence-corrected chi connectivity index (χ1v) is 12.0. The second-order valence-corrected chi connectivity index (χ2v) is 9.11. The molecule has 0 saturated heterocycles. The summed E-state index contributed by atoms with van der Waals surface area (Å²) < 4.78 is 8.42. The predicted molar refractivity (Wildman–Crippen MR) is 128 cm³/mol. The second-order valence-electron chi connectivity index (χ2n) is 6.93. The highest BCUT2D eigenvalue weighted by molar-refractivity contribution is 7.99. The van der Waals surface area contributed by atoms with Gasteiger partial charge in [-0.15, -0.1) is 11.8 Å². The zero-order valence-electron chi connectivity index (χ0n) is 17.5. The first-order chi connectivity index (χ1) is 15.1. The van der Waals surface area contributed by atoms with Crippen LogP contribution in [0.2, 0.25) is 0 Å². The smallest absolute Gasteiger partial charge is 0.225 e. The minimum Gasteiger partial charge on any atom is -0.492 e. The Morgan fingerprint density at radius 3 is 2.84 bits per heavy atom. The molecule has 2 aromatic carbocycles. The maximum absolute atomic E-state index is 12.5. The van der Waals surface area contributed by atoms with Crippen LogP contribution in [-0.2, 0) is 4.79 Å². The average molecular weight is 453 g/mol. The minimum absolute atomic E-state index is 0.0223. The Bertz CT molecular complexity index is 1170. The Hall–Kier alpha value is -2.84. The van der Waals surface area contributed by atoms with Crippen molar-refractivity contribution in [3.63, 3.8) is 0 Å². The third-order valence-electron chi connectivity index (χ3n) is 4.51. The first-order valence-electron chi connectivity index (χ1n) is 10.2. The van der Waals surface area contributed by atoms with Crippen LogP contribution in [0, 0.1) is 6.92 Å². The molecule has 8 heteroatoms. The zero-order valence-corrected chi connectivity index (χ0v) is 19.1. The molecule has 2 heterocycles. The number of amides is 1. The van der Waals surface area contributed by atoms with Crippen molar-refractivity contribution in [2.24, 2.45) is 0 Å². The lowest BCUT2D eigenvalue weighted by molar-refractivity contribution is -0.116. The SMILES string of the molecule is CCOc1cccc2sc(-n3nc(C)cc3NC(=O)CCCSc3ccccc3)nc12. The van der Waals surface area contributed by atoms with E-state index in [4.69, 9.17) is 9.72 Å². The highest BCUT2D eigenvalue weighted by Gasteiger charge is 2.16. The molecule has 0 saturated carbocycles. The van der Waals surface area contributed by atoms with Crippen molar-refractivity contribution < 1.29 is 9.53 Å². The second kappa shape index (κ2) is 9.98. The summed E-state index contributed by atoms with van der Waals surface area (Å²) in [4.78, 5) is 18.5. The molecule has 4 aromatic rings. The number of anilines is 1. The van der Waals surface area contributed by atoms with Gasteiger partial charge in [0.25, 0.3) is 0 Å². The number of hydrogen-bond donors (Lipinski definition) is 1. The monoisotopic (exact) mass is 452 g/mol. The molecule has 4 rings (SSSR count). The topological polar surface area (TPSA) is 69.0 Å². The molecule has 1 N–H and O–H groups in total. The molecule has 0 fully saturated rings. The van der Waals surface area contributed by atoms with Crippen molar-refractivity contribution in [1.29, 1.82) is 0 Å². The van der Waals surface area contributed by atoms with Gasteiger partial charge in [-0.05, 0) is 50.3 Å². The van der Waals surface area contributed by atoms with Crippen LogP contribution in [-0.4, -0.2) is 33.0 Å². The average Bonchev–Trinajstić information content (AvgIpc) is 3.36. The van der Waals surface area contributed by atoms with Gasteiger partial charge < -0.3 is 10.1 Å². The lowest BCUT2D eigenvalue weighted by Crippen LogP contribution is -2.14. The quantitative estimate of drug-likeness (QED) is 0.261. The Morgan fingerprint density at radius 2 is 2.03 bits per heavy atom. The Balaban J connectivity index is 1.43. The molecule has 1 amide bonds. The van der Waals surface area contributed by atoms with Crippen molar-refractivity contribution in [1.82, 2.24) is 14.8 Å². The highest BCUT2D eigenvalue weighted by Crippen LogP contribution is 2.32. The molecule has 6 nitrogen and oxygen atoms in total. The maximum Gasteiger partial charge on any atom is 0.225 e. The van der Waals surface area contributed by atoms with Crippen LogP contribution in [0.15, 0.2) is 59.5 Å². The van der Waals surface area contributed by atoms with E-state index < -0.39 is 0 Å². The Labute approximate surface area is 189 Å². The molecule has 2 aromatic heterocycles. The number of carbonyl (C=O) groups is 1. The van der Waals surface area contributed by atoms with E-state index in [9.17, 15) is 4.79 Å². The van der Waals surface area contributed by atoms with Crippen molar-refractivity contribution in [3.05, 3.63) is 60.3 Å². The fraction of sp³-hybridized carbons (Fsp3) is 0.261. The summed E-state index contributed by atoms with van der Waals surface area (Å²) >= 11 is 3.28. The number of carbonyl (C=O) groups excluding carboxylic acids is 1. The van der Waals surface area contributed by atoms with Crippen molar-refractivity contribution in [2.75, 3.05) is 17.7 Å². The van der Waals surface area contributed by atoms with Crippen LogP contribution in [0.3, 0.4) is 0 Å². The van der Waals surface area contributed by atoms with Crippen LogP contribution in [0.1, 0.15) is 25.5 Å². The zero-order chi connectivity index (χ0) is 21.6. The molecule has 0 bridgehead atoms. The number of aryl methyl sites for hydroxylation is 1. The lowest BCUT2D eigenvalue weighted by Gasteiger charge is -2.06.